The average molecular weight is 367 g/mol. The van der Waals surface area contributed by atoms with Gasteiger partial charge >= 0.3 is 0 Å². The van der Waals surface area contributed by atoms with Crippen LogP contribution in [0.25, 0.3) is 0 Å². The van der Waals surface area contributed by atoms with Crippen LogP contribution in [-0.2, 0) is 0 Å². The summed E-state index contributed by atoms with van der Waals surface area (Å²) in [6.45, 7) is -0.429. The molecule has 0 saturated heterocycles. The Labute approximate surface area is 120 Å². The highest BCUT2D eigenvalue weighted by atomic mass is 79.9. The molecule has 0 aliphatic carbocycles. The van der Waals surface area contributed by atoms with Crippen molar-refractivity contribution in [3.63, 3.8) is 0 Å². The van der Waals surface area contributed by atoms with E-state index in [4.69, 9.17) is 23.2 Å². The summed E-state index contributed by atoms with van der Waals surface area (Å²) >= 11 is 15.7. The predicted molar refractivity (Wildman–Crippen MR) is 70.0 cm³/mol. The third-order valence-electron chi connectivity index (χ3n) is 1.89. The molecule has 0 spiro atoms. The number of alkyl halides is 3. The maximum absolute atomic E-state index is 12.3. The van der Waals surface area contributed by atoms with Crippen LogP contribution in [0.2, 0.25) is 8.67 Å². The number of thiophene rings is 1. The average Bonchev–Trinajstić information content (AvgIpc) is 2.55. The van der Waals surface area contributed by atoms with Crippen LogP contribution in [0.1, 0.15) is 10.4 Å². The molecule has 1 heterocycles. The van der Waals surface area contributed by atoms with Crippen molar-refractivity contribution in [1.82, 2.24) is 4.90 Å². The molecule has 0 radical (unpaired) electrons. The van der Waals surface area contributed by atoms with Crippen molar-refractivity contribution in [2.75, 3.05) is 18.4 Å². The summed E-state index contributed by atoms with van der Waals surface area (Å²) in [6.07, 6.45) is -2.58. The van der Waals surface area contributed by atoms with Gasteiger partial charge in [0.25, 0.3) is 12.3 Å². The molecular weight excluding hydrogens is 359 g/mol. The SMILES string of the molecule is O=C(c1cc(Cl)sc1Cl)N(CCBr)CC(F)F. The van der Waals surface area contributed by atoms with Crippen molar-refractivity contribution in [2.45, 2.75) is 6.43 Å². The smallest absolute Gasteiger partial charge is 0.256 e. The summed E-state index contributed by atoms with van der Waals surface area (Å²) < 4.78 is 25.2. The zero-order valence-corrected chi connectivity index (χ0v) is 12.3. The van der Waals surface area contributed by atoms with Crippen molar-refractivity contribution in [1.29, 1.82) is 0 Å². The maximum atomic E-state index is 12.3. The van der Waals surface area contributed by atoms with Crippen LogP contribution in [-0.4, -0.2) is 35.7 Å². The number of nitrogens with zero attached hydrogens (tertiary/aromatic N) is 1. The number of carbonyl (C=O) groups excluding carboxylic acids is 1. The first-order valence-corrected chi connectivity index (χ1v) is 7.23. The van der Waals surface area contributed by atoms with Gasteiger partial charge in [-0.2, -0.15) is 0 Å². The minimum absolute atomic E-state index is 0.170. The molecule has 0 aromatic carbocycles. The third kappa shape index (κ3) is 4.35. The van der Waals surface area contributed by atoms with Gasteiger partial charge in [-0.05, 0) is 6.07 Å². The van der Waals surface area contributed by atoms with Gasteiger partial charge in [0, 0.05) is 11.9 Å². The molecule has 0 bridgehead atoms. The molecule has 1 aromatic heterocycles. The van der Waals surface area contributed by atoms with Crippen molar-refractivity contribution in [2.24, 2.45) is 0 Å². The lowest BCUT2D eigenvalue weighted by Crippen LogP contribution is -2.36. The largest absolute Gasteiger partial charge is 0.332 e. The molecule has 0 aliphatic rings. The lowest BCUT2D eigenvalue weighted by Gasteiger charge is -2.20. The van der Waals surface area contributed by atoms with E-state index in [1.807, 2.05) is 0 Å². The molecule has 2 nitrogen and oxygen atoms in total. The molecule has 0 N–H and O–H groups in total. The first-order chi connectivity index (χ1) is 7.95. The van der Waals surface area contributed by atoms with Crippen LogP contribution >= 0.6 is 50.5 Å². The van der Waals surface area contributed by atoms with Gasteiger partial charge in [-0.25, -0.2) is 8.78 Å². The lowest BCUT2D eigenvalue weighted by molar-refractivity contribution is 0.0573. The van der Waals surface area contributed by atoms with E-state index in [0.717, 1.165) is 16.2 Å². The molecule has 0 fully saturated rings. The van der Waals surface area contributed by atoms with Gasteiger partial charge in [-0.3, -0.25) is 4.79 Å². The number of halogens is 5. The first kappa shape index (κ1) is 15.1. The third-order valence-corrected chi connectivity index (χ3v) is 3.73. The molecule has 96 valence electrons. The minimum atomic E-state index is -2.58. The molecule has 1 aromatic rings. The molecule has 17 heavy (non-hydrogen) atoms. The predicted octanol–water partition coefficient (Wildman–Crippen LogP) is 4.16. The maximum Gasteiger partial charge on any atom is 0.256 e. The van der Waals surface area contributed by atoms with E-state index >= 15 is 0 Å². The van der Waals surface area contributed by atoms with Gasteiger partial charge < -0.3 is 4.90 Å². The van der Waals surface area contributed by atoms with Crippen LogP contribution in [0, 0.1) is 0 Å². The van der Waals surface area contributed by atoms with E-state index in [-0.39, 0.29) is 16.4 Å². The van der Waals surface area contributed by atoms with Crippen LogP contribution in [0.5, 0.6) is 0 Å². The minimum Gasteiger partial charge on any atom is -0.332 e. The van der Waals surface area contributed by atoms with Crippen LogP contribution in [0.3, 0.4) is 0 Å². The summed E-state index contributed by atoms with van der Waals surface area (Å²) in [6, 6.07) is 1.39. The van der Waals surface area contributed by atoms with Crippen LogP contribution in [0.4, 0.5) is 8.78 Å². The van der Waals surface area contributed by atoms with E-state index in [1.54, 1.807) is 0 Å². The lowest BCUT2D eigenvalue weighted by atomic mass is 10.3. The van der Waals surface area contributed by atoms with Crippen LogP contribution in [0.15, 0.2) is 6.07 Å². The van der Waals surface area contributed by atoms with Crippen molar-refractivity contribution in [3.05, 3.63) is 20.3 Å². The van der Waals surface area contributed by atoms with E-state index in [0.29, 0.717) is 9.67 Å². The number of hydrogen-bond donors (Lipinski definition) is 0. The fraction of sp³-hybridized carbons (Fsp3) is 0.444. The molecular formula is C9H8BrCl2F2NOS. The van der Waals surface area contributed by atoms with Gasteiger partial charge in [-0.1, -0.05) is 39.1 Å². The van der Waals surface area contributed by atoms with Gasteiger partial charge in [0.05, 0.1) is 16.4 Å². The van der Waals surface area contributed by atoms with E-state index < -0.39 is 18.9 Å². The second-order valence-corrected chi connectivity index (χ2v) is 6.15. The topological polar surface area (TPSA) is 20.3 Å². The number of amides is 1. The highest BCUT2D eigenvalue weighted by Crippen LogP contribution is 2.32. The van der Waals surface area contributed by atoms with E-state index in [9.17, 15) is 13.6 Å². The summed E-state index contributed by atoms with van der Waals surface area (Å²) in [5.41, 5.74) is 0.170. The molecule has 8 heteroatoms. The Balaban J connectivity index is 2.87. The fourth-order valence-corrected chi connectivity index (χ4v) is 3.08. The Morgan fingerprint density at radius 1 is 1.53 bits per heavy atom. The highest BCUT2D eigenvalue weighted by Gasteiger charge is 2.22. The van der Waals surface area contributed by atoms with E-state index in [1.165, 1.54) is 6.07 Å². The first-order valence-electron chi connectivity index (χ1n) is 4.54. The van der Waals surface area contributed by atoms with Gasteiger partial charge in [0.1, 0.15) is 4.34 Å². The quantitative estimate of drug-likeness (QED) is 0.716. The van der Waals surface area contributed by atoms with Crippen molar-refractivity contribution < 1.29 is 13.6 Å². The number of rotatable bonds is 5. The fourth-order valence-electron chi connectivity index (χ4n) is 1.20. The molecule has 0 saturated carbocycles. The van der Waals surface area contributed by atoms with E-state index in [2.05, 4.69) is 15.9 Å². The standard InChI is InChI=1S/C9H8BrCl2F2NOS/c10-1-2-15(4-7(13)14)9(16)5-3-6(11)17-8(5)12/h3,7H,1-2,4H2. The molecule has 0 atom stereocenters. The zero-order chi connectivity index (χ0) is 13.0. The highest BCUT2D eigenvalue weighted by molar-refractivity contribution is 9.09. The second kappa shape index (κ2) is 6.87. The van der Waals surface area contributed by atoms with Crippen molar-refractivity contribution >= 4 is 56.4 Å². The number of carbonyl (C=O) groups is 1. The molecule has 0 unspecified atom stereocenters. The number of hydrogen-bond acceptors (Lipinski definition) is 2. The summed E-state index contributed by atoms with van der Waals surface area (Å²) in [4.78, 5) is 13.0. The Morgan fingerprint density at radius 2 is 2.18 bits per heavy atom. The van der Waals surface area contributed by atoms with Gasteiger partial charge in [0.2, 0.25) is 0 Å². The zero-order valence-electron chi connectivity index (χ0n) is 8.43. The summed E-state index contributed by atoms with van der Waals surface area (Å²) in [5, 5.41) is 0.418. The Hall–Kier alpha value is 0.0900. The molecule has 1 amide bonds. The summed E-state index contributed by atoms with van der Waals surface area (Å²) in [7, 11) is 0. The monoisotopic (exact) mass is 365 g/mol. The molecule has 1 rings (SSSR count). The second-order valence-electron chi connectivity index (χ2n) is 3.07. The normalized spacial score (nSPS) is 10.9. The Bertz CT molecular complexity index is 402. The van der Waals surface area contributed by atoms with Crippen LogP contribution < -0.4 is 0 Å². The van der Waals surface area contributed by atoms with Gasteiger partial charge in [0.15, 0.2) is 0 Å². The van der Waals surface area contributed by atoms with Crippen molar-refractivity contribution in [3.8, 4) is 0 Å². The summed E-state index contributed by atoms with van der Waals surface area (Å²) in [5.74, 6) is -0.530. The Morgan fingerprint density at radius 3 is 2.59 bits per heavy atom. The van der Waals surface area contributed by atoms with Gasteiger partial charge in [-0.15, -0.1) is 11.3 Å². The Kier molecular flexibility index (Phi) is 6.12. The molecule has 0 aliphatic heterocycles.